The van der Waals surface area contributed by atoms with Crippen LogP contribution in [-0.2, 0) is 0 Å². The van der Waals surface area contributed by atoms with E-state index < -0.39 is 0 Å². The van der Waals surface area contributed by atoms with Gasteiger partial charge in [-0.15, -0.1) is 0 Å². The van der Waals surface area contributed by atoms with Crippen molar-refractivity contribution in [2.45, 2.75) is 62.3 Å². The van der Waals surface area contributed by atoms with Crippen LogP contribution in [0.15, 0.2) is 91.8 Å². The molecule has 0 spiro atoms. The van der Waals surface area contributed by atoms with E-state index in [9.17, 15) is 0 Å². The molecule has 0 bridgehead atoms. The first-order valence-corrected chi connectivity index (χ1v) is 17.5. The summed E-state index contributed by atoms with van der Waals surface area (Å²) < 4.78 is 0. The molecule has 3 aromatic heterocycles. The van der Waals surface area contributed by atoms with Crippen molar-refractivity contribution in [3.05, 3.63) is 142 Å². The van der Waals surface area contributed by atoms with Gasteiger partial charge in [-0.05, 0) is 137 Å². The number of aromatic nitrogens is 3. The van der Waals surface area contributed by atoms with E-state index in [4.69, 9.17) is 0 Å². The minimum absolute atomic E-state index is 0.00284. The van der Waals surface area contributed by atoms with Crippen molar-refractivity contribution >= 4 is 35.7 Å². The molecule has 0 N–H and O–H groups in total. The Balaban J connectivity index is 0.00000221. The summed E-state index contributed by atoms with van der Waals surface area (Å²) in [6.45, 7) is 20.5. The number of pyridine rings is 3. The topological polar surface area (TPSA) is 38.7 Å². The van der Waals surface area contributed by atoms with Gasteiger partial charge in [0.05, 0.1) is 0 Å². The number of thiol groups is 1. The van der Waals surface area contributed by atoms with Crippen LogP contribution < -0.4 is 16.4 Å². The van der Waals surface area contributed by atoms with Crippen LogP contribution in [0, 0.1) is 62.3 Å². The Kier molecular flexibility index (Phi) is 10.7. The largest absolute Gasteiger partial charge is 0.264 e. The second-order valence-electron chi connectivity index (χ2n) is 12.9. The standard InChI is InChI=1S/C42H42BN3.CH4S/c1-25-19-28(4)40(31(7)37(25)34-13-10-16-44-22-34)43(41-29(5)20-26(2)38(32(41)8)35-14-11-17-45-23-35)42-30(6)21-27(3)39(33(42)9)36-15-12-18-46-24-36;1-2/h10-24H,1-9H3;2H,1H3. The Morgan fingerprint density at radius 1 is 0.417 bits per heavy atom. The van der Waals surface area contributed by atoms with Crippen molar-refractivity contribution in [2.24, 2.45) is 0 Å². The molecule has 3 heterocycles. The van der Waals surface area contributed by atoms with E-state index in [2.05, 4.69) is 126 Å². The van der Waals surface area contributed by atoms with Crippen LogP contribution >= 0.6 is 12.6 Å². The van der Waals surface area contributed by atoms with Gasteiger partial charge in [0.2, 0.25) is 6.71 Å². The predicted octanol–water partition coefficient (Wildman–Crippen LogP) is 8.71. The van der Waals surface area contributed by atoms with Gasteiger partial charge in [0.15, 0.2) is 0 Å². The zero-order chi connectivity index (χ0) is 34.7. The second-order valence-corrected chi connectivity index (χ2v) is 12.9. The summed E-state index contributed by atoms with van der Waals surface area (Å²) >= 11 is 3.53. The molecule has 0 radical (unpaired) electrons. The molecule has 5 heteroatoms. The van der Waals surface area contributed by atoms with Gasteiger partial charge in [-0.2, -0.15) is 12.6 Å². The number of rotatable bonds is 6. The molecule has 6 rings (SSSR count). The average Bonchev–Trinajstić information content (AvgIpc) is 3.06. The molecule has 0 saturated heterocycles. The fourth-order valence-electron chi connectivity index (χ4n) is 8.23. The van der Waals surface area contributed by atoms with Gasteiger partial charge < -0.3 is 0 Å². The van der Waals surface area contributed by atoms with Gasteiger partial charge in [0.1, 0.15) is 0 Å². The van der Waals surface area contributed by atoms with Gasteiger partial charge in [0, 0.05) is 53.9 Å². The number of hydrogen-bond donors (Lipinski definition) is 1. The Bertz CT molecular complexity index is 1830. The lowest BCUT2D eigenvalue weighted by Gasteiger charge is -2.31. The summed E-state index contributed by atoms with van der Waals surface area (Å²) in [5.41, 5.74) is 23.0. The number of aryl methyl sites for hydroxylation is 6. The minimum Gasteiger partial charge on any atom is -0.264 e. The summed E-state index contributed by atoms with van der Waals surface area (Å²) in [4.78, 5) is 13.5. The molecular weight excluding hydrogens is 601 g/mol. The highest BCUT2D eigenvalue weighted by atomic mass is 32.1. The van der Waals surface area contributed by atoms with Gasteiger partial charge in [-0.3, -0.25) is 15.0 Å². The van der Waals surface area contributed by atoms with E-state index in [1.165, 1.54) is 83.1 Å². The van der Waals surface area contributed by atoms with Crippen LogP contribution in [0.5, 0.6) is 0 Å². The molecule has 0 atom stereocenters. The van der Waals surface area contributed by atoms with Gasteiger partial charge in [0.25, 0.3) is 0 Å². The summed E-state index contributed by atoms with van der Waals surface area (Å²) in [7, 11) is 0. The lowest BCUT2D eigenvalue weighted by atomic mass is 9.32. The van der Waals surface area contributed by atoms with E-state index in [0.29, 0.717) is 0 Å². The zero-order valence-electron chi connectivity index (χ0n) is 30.0. The molecule has 3 aromatic carbocycles. The lowest BCUT2D eigenvalue weighted by molar-refractivity contribution is 1.29. The van der Waals surface area contributed by atoms with E-state index in [1.807, 2.05) is 55.4 Å². The van der Waals surface area contributed by atoms with Crippen LogP contribution in [0.4, 0.5) is 0 Å². The highest BCUT2D eigenvalue weighted by molar-refractivity contribution is 7.79. The molecule has 0 amide bonds. The summed E-state index contributed by atoms with van der Waals surface area (Å²) in [6, 6.07) is 19.8. The lowest BCUT2D eigenvalue weighted by Crippen LogP contribution is -2.58. The molecule has 0 aliphatic rings. The fourth-order valence-corrected chi connectivity index (χ4v) is 8.23. The molecule has 0 aliphatic carbocycles. The molecule has 0 unspecified atom stereocenters. The van der Waals surface area contributed by atoms with Crippen molar-refractivity contribution in [3.8, 4) is 33.4 Å². The third-order valence-electron chi connectivity index (χ3n) is 9.81. The maximum atomic E-state index is 4.51. The molecule has 242 valence electrons. The molecule has 6 aromatic rings. The van der Waals surface area contributed by atoms with Crippen molar-refractivity contribution in [3.63, 3.8) is 0 Å². The Morgan fingerprint density at radius 2 is 0.688 bits per heavy atom. The summed E-state index contributed by atoms with van der Waals surface area (Å²) in [6.07, 6.45) is 13.2. The normalized spacial score (nSPS) is 10.8. The predicted molar refractivity (Wildman–Crippen MR) is 211 cm³/mol. The quantitative estimate of drug-likeness (QED) is 0.145. The highest BCUT2D eigenvalue weighted by Gasteiger charge is 2.34. The highest BCUT2D eigenvalue weighted by Crippen LogP contribution is 2.32. The van der Waals surface area contributed by atoms with E-state index in [-0.39, 0.29) is 6.71 Å². The van der Waals surface area contributed by atoms with Crippen LogP contribution in [0.2, 0.25) is 0 Å². The van der Waals surface area contributed by atoms with Gasteiger partial charge in [-0.25, -0.2) is 0 Å². The maximum absolute atomic E-state index is 4.51. The van der Waals surface area contributed by atoms with Gasteiger partial charge >= 0.3 is 0 Å². The molecule has 3 nitrogen and oxygen atoms in total. The third kappa shape index (κ3) is 6.36. The third-order valence-corrected chi connectivity index (χ3v) is 9.81. The smallest absolute Gasteiger partial charge is 0.243 e. The maximum Gasteiger partial charge on any atom is 0.243 e. The first-order chi connectivity index (χ1) is 23.1. The van der Waals surface area contributed by atoms with Crippen molar-refractivity contribution in [2.75, 3.05) is 6.26 Å². The molecule has 0 saturated carbocycles. The van der Waals surface area contributed by atoms with Crippen LogP contribution in [0.25, 0.3) is 33.4 Å². The van der Waals surface area contributed by atoms with Crippen LogP contribution in [0.3, 0.4) is 0 Å². The fraction of sp³-hybridized carbons (Fsp3) is 0.233. The Morgan fingerprint density at radius 3 is 0.917 bits per heavy atom. The summed E-state index contributed by atoms with van der Waals surface area (Å²) in [5, 5.41) is 0. The Hall–Kier alpha value is -4.48. The SMILES string of the molecule is CS.Cc1cc(C)c(-c2cccnc2)c(C)c1B(c1c(C)cc(C)c(-c2cccnc2)c1C)c1c(C)cc(C)c(-c2cccnc2)c1C. The minimum atomic E-state index is 0.00284. The van der Waals surface area contributed by atoms with E-state index in [0.717, 1.165) is 16.7 Å². The van der Waals surface area contributed by atoms with Crippen LogP contribution in [-0.4, -0.2) is 27.9 Å². The molecular formula is C43H46BN3S. The second kappa shape index (κ2) is 14.7. The molecule has 0 aliphatic heterocycles. The first-order valence-electron chi connectivity index (χ1n) is 16.6. The van der Waals surface area contributed by atoms with E-state index >= 15 is 0 Å². The zero-order valence-corrected chi connectivity index (χ0v) is 30.9. The average molecular weight is 648 g/mol. The first kappa shape index (κ1) is 34.8. The van der Waals surface area contributed by atoms with Crippen molar-refractivity contribution in [1.29, 1.82) is 0 Å². The van der Waals surface area contributed by atoms with E-state index in [1.54, 1.807) is 6.26 Å². The monoisotopic (exact) mass is 647 g/mol. The van der Waals surface area contributed by atoms with Gasteiger partial charge in [-0.1, -0.05) is 69.5 Å². The Labute approximate surface area is 293 Å². The number of nitrogens with zero attached hydrogens (tertiary/aromatic N) is 3. The van der Waals surface area contributed by atoms with Crippen LogP contribution in [0.1, 0.15) is 50.1 Å². The van der Waals surface area contributed by atoms with Crippen molar-refractivity contribution in [1.82, 2.24) is 15.0 Å². The summed E-state index contributed by atoms with van der Waals surface area (Å²) in [5.74, 6) is 0. The number of hydrogen-bond acceptors (Lipinski definition) is 4. The molecule has 48 heavy (non-hydrogen) atoms. The number of benzene rings is 3. The van der Waals surface area contributed by atoms with Crippen molar-refractivity contribution < 1.29 is 0 Å². The molecule has 0 fully saturated rings.